The zero-order valence-corrected chi connectivity index (χ0v) is 12.1. The lowest BCUT2D eigenvalue weighted by Gasteiger charge is -2.23. The van der Waals surface area contributed by atoms with Gasteiger partial charge in [0.15, 0.2) is 0 Å². The van der Waals surface area contributed by atoms with Crippen LogP contribution in [-0.4, -0.2) is 30.1 Å². The van der Waals surface area contributed by atoms with Gasteiger partial charge >= 0.3 is 5.97 Å². The number of hydrogen-bond donors (Lipinski definition) is 3. The third-order valence-electron chi connectivity index (χ3n) is 4.25. The van der Waals surface area contributed by atoms with Crippen LogP contribution in [0.15, 0.2) is 24.3 Å². The highest BCUT2D eigenvalue weighted by Crippen LogP contribution is 2.37. The maximum Gasteiger partial charge on any atom is 0.311 e. The van der Waals surface area contributed by atoms with Gasteiger partial charge in [-0.05, 0) is 43.5 Å². The Kier molecular flexibility index (Phi) is 4.96. The third kappa shape index (κ3) is 3.61. The fourth-order valence-corrected chi connectivity index (χ4v) is 2.86. The molecule has 5 heteroatoms. The lowest BCUT2D eigenvalue weighted by atomic mass is 9.86. The summed E-state index contributed by atoms with van der Waals surface area (Å²) in [7, 11) is 0. The Balaban J connectivity index is 1.96. The van der Waals surface area contributed by atoms with Crippen molar-refractivity contribution >= 4 is 11.9 Å². The van der Waals surface area contributed by atoms with Crippen LogP contribution >= 0.6 is 0 Å². The van der Waals surface area contributed by atoms with E-state index in [9.17, 15) is 14.7 Å². The van der Waals surface area contributed by atoms with Crippen LogP contribution in [0.3, 0.4) is 0 Å². The van der Waals surface area contributed by atoms with Crippen LogP contribution in [0.4, 0.5) is 0 Å². The van der Waals surface area contributed by atoms with E-state index in [4.69, 9.17) is 5.73 Å². The Morgan fingerprint density at radius 1 is 1.19 bits per heavy atom. The summed E-state index contributed by atoms with van der Waals surface area (Å²) in [5.41, 5.74) is 6.34. The van der Waals surface area contributed by atoms with Gasteiger partial charge in [-0.15, -0.1) is 0 Å². The van der Waals surface area contributed by atoms with E-state index >= 15 is 0 Å². The van der Waals surface area contributed by atoms with Crippen molar-refractivity contribution in [1.82, 2.24) is 5.32 Å². The Morgan fingerprint density at radius 2 is 1.81 bits per heavy atom. The molecule has 2 rings (SSSR count). The average Bonchev–Trinajstić information content (AvgIpc) is 2.96. The summed E-state index contributed by atoms with van der Waals surface area (Å²) in [6.07, 6.45) is 3.88. The lowest BCUT2D eigenvalue weighted by Crippen LogP contribution is -2.41. The van der Waals surface area contributed by atoms with Gasteiger partial charge in [-0.25, -0.2) is 0 Å². The van der Waals surface area contributed by atoms with E-state index in [0.717, 1.165) is 24.8 Å². The van der Waals surface area contributed by atoms with Gasteiger partial charge in [0.25, 0.3) is 5.91 Å². The molecule has 0 heterocycles. The van der Waals surface area contributed by atoms with E-state index in [0.29, 0.717) is 24.9 Å². The zero-order chi connectivity index (χ0) is 15.3. The fraction of sp³-hybridized carbons (Fsp3) is 0.500. The Labute approximate surface area is 124 Å². The fourth-order valence-electron chi connectivity index (χ4n) is 2.86. The van der Waals surface area contributed by atoms with Gasteiger partial charge in [0, 0.05) is 12.1 Å². The normalized spacial score (nSPS) is 16.6. The van der Waals surface area contributed by atoms with Gasteiger partial charge in [-0.1, -0.05) is 25.0 Å². The summed E-state index contributed by atoms with van der Waals surface area (Å²) < 4.78 is 0. The van der Waals surface area contributed by atoms with Crippen molar-refractivity contribution in [3.63, 3.8) is 0 Å². The molecule has 1 amide bonds. The van der Waals surface area contributed by atoms with E-state index < -0.39 is 11.4 Å². The van der Waals surface area contributed by atoms with Gasteiger partial charge < -0.3 is 16.2 Å². The van der Waals surface area contributed by atoms with E-state index in [-0.39, 0.29) is 12.5 Å². The molecular formula is C16H22N2O3. The molecule has 1 aliphatic carbocycles. The number of benzene rings is 1. The molecule has 1 saturated carbocycles. The second kappa shape index (κ2) is 6.72. The molecule has 1 aromatic rings. The number of carbonyl (C=O) groups excluding carboxylic acids is 1. The van der Waals surface area contributed by atoms with Crippen molar-refractivity contribution in [3.05, 3.63) is 35.4 Å². The molecule has 1 aromatic carbocycles. The second-order valence-corrected chi connectivity index (χ2v) is 5.71. The number of carboxylic acids is 1. The lowest BCUT2D eigenvalue weighted by molar-refractivity contribution is -0.148. The molecule has 1 aliphatic rings. The minimum Gasteiger partial charge on any atom is -0.481 e. The van der Waals surface area contributed by atoms with Crippen LogP contribution in [0.5, 0.6) is 0 Å². The molecule has 0 aliphatic heterocycles. The Bertz CT molecular complexity index is 505. The maximum absolute atomic E-state index is 12.1. The molecule has 0 unspecified atom stereocenters. The van der Waals surface area contributed by atoms with Crippen molar-refractivity contribution in [2.75, 3.05) is 13.1 Å². The molecule has 0 aromatic heterocycles. The molecule has 0 radical (unpaired) electrons. The maximum atomic E-state index is 12.1. The van der Waals surface area contributed by atoms with Crippen molar-refractivity contribution < 1.29 is 14.7 Å². The molecule has 21 heavy (non-hydrogen) atoms. The highest BCUT2D eigenvalue weighted by atomic mass is 16.4. The number of hydrogen-bond acceptors (Lipinski definition) is 3. The molecule has 1 fully saturated rings. The van der Waals surface area contributed by atoms with Crippen LogP contribution < -0.4 is 11.1 Å². The van der Waals surface area contributed by atoms with E-state index in [1.165, 1.54) is 0 Å². The van der Waals surface area contributed by atoms with E-state index in [2.05, 4.69) is 5.32 Å². The first kappa shape index (κ1) is 15.5. The predicted octanol–water partition coefficient (Wildman–Crippen LogP) is 1.56. The van der Waals surface area contributed by atoms with Crippen LogP contribution in [0, 0.1) is 5.41 Å². The quantitative estimate of drug-likeness (QED) is 0.741. The summed E-state index contributed by atoms with van der Waals surface area (Å²) in [5, 5.41) is 12.1. The van der Waals surface area contributed by atoms with Crippen LogP contribution in [-0.2, 0) is 11.2 Å². The number of nitrogens with two attached hydrogens (primary N) is 1. The molecular weight excluding hydrogens is 268 g/mol. The second-order valence-electron chi connectivity index (χ2n) is 5.71. The van der Waals surface area contributed by atoms with E-state index in [1.54, 1.807) is 12.1 Å². The minimum atomic E-state index is -0.807. The van der Waals surface area contributed by atoms with Crippen LogP contribution in [0.1, 0.15) is 41.6 Å². The van der Waals surface area contributed by atoms with E-state index in [1.807, 2.05) is 12.1 Å². The molecule has 5 nitrogen and oxygen atoms in total. The summed E-state index contributed by atoms with van der Waals surface area (Å²) in [6, 6.07) is 7.26. The monoisotopic (exact) mass is 290 g/mol. The van der Waals surface area contributed by atoms with Crippen molar-refractivity contribution in [2.45, 2.75) is 32.1 Å². The van der Waals surface area contributed by atoms with Crippen LogP contribution in [0.2, 0.25) is 0 Å². The molecule has 0 atom stereocenters. The van der Waals surface area contributed by atoms with Gasteiger partial charge in [-0.3, -0.25) is 9.59 Å². The SMILES string of the molecule is NCCc1ccc(C(=O)NCC2(C(=O)O)CCCC2)cc1. The van der Waals surface area contributed by atoms with Gasteiger partial charge in [0.1, 0.15) is 0 Å². The largest absolute Gasteiger partial charge is 0.481 e. The number of rotatable bonds is 6. The molecule has 4 N–H and O–H groups in total. The topological polar surface area (TPSA) is 92.4 Å². The predicted molar refractivity (Wildman–Crippen MR) is 80.1 cm³/mol. The number of carbonyl (C=O) groups is 2. The highest BCUT2D eigenvalue weighted by molar-refractivity contribution is 5.94. The third-order valence-corrected chi connectivity index (χ3v) is 4.25. The van der Waals surface area contributed by atoms with Gasteiger partial charge in [0.05, 0.1) is 5.41 Å². The molecule has 0 saturated heterocycles. The zero-order valence-electron chi connectivity index (χ0n) is 12.1. The van der Waals surface area contributed by atoms with Crippen LogP contribution in [0.25, 0.3) is 0 Å². The summed E-state index contributed by atoms with van der Waals surface area (Å²) in [6.45, 7) is 0.776. The van der Waals surface area contributed by atoms with Crippen molar-refractivity contribution in [3.8, 4) is 0 Å². The first-order valence-electron chi connectivity index (χ1n) is 7.38. The Hall–Kier alpha value is -1.88. The number of aliphatic carboxylic acids is 1. The number of carboxylic acid groups (broad SMARTS) is 1. The summed E-state index contributed by atoms with van der Waals surface area (Å²) in [4.78, 5) is 23.5. The smallest absolute Gasteiger partial charge is 0.311 e. The highest BCUT2D eigenvalue weighted by Gasteiger charge is 2.41. The number of amides is 1. The summed E-state index contributed by atoms with van der Waals surface area (Å²) in [5.74, 6) is -1.03. The average molecular weight is 290 g/mol. The van der Waals surface area contributed by atoms with Crippen molar-refractivity contribution in [1.29, 1.82) is 0 Å². The van der Waals surface area contributed by atoms with Gasteiger partial charge in [0.2, 0.25) is 0 Å². The first-order valence-corrected chi connectivity index (χ1v) is 7.38. The molecule has 114 valence electrons. The minimum absolute atomic E-state index is 0.200. The van der Waals surface area contributed by atoms with Gasteiger partial charge in [-0.2, -0.15) is 0 Å². The standard InChI is InChI=1S/C16H22N2O3/c17-10-7-12-3-5-13(6-4-12)14(19)18-11-16(15(20)21)8-1-2-9-16/h3-6H,1-2,7-11,17H2,(H,18,19)(H,20,21). The first-order chi connectivity index (χ1) is 10.1. The molecule has 0 spiro atoms. The van der Waals surface area contributed by atoms with Crippen molar-refractivity contribution in [2.24, 2.45) is 11.1 Å². The molecule has 0 bridgehead atoms. The summed E-state index contributed by atoms with van der Waals surface area (Å²) >= 11 is 0. The Morgan fingerprint density at radius 3 is 2.33 bits per heavy atom. The number of nitrogens with one attached hydrogen (secondary N) is 1.